The van der Waals surface area contributed by atoms with E-state index in [1.165, 1.54) is 5.39 Å². The Labute approximate surface area is 102 Å². The number of fused-ring (bicyclic) bond motifs is 1. The van der Waals surface area contributed by atoms with Crippen molar-refractivity contribution in [2.45, 2.75) is 38.7 Å². The quantitative estimate of drug-likeness (QED) is 0.850. The number of nitrogens with one attached hydrogen (secondary N) is 1. The topological polar surface area (TPSA) is 48.9 Å². The number of hydrogen-bond acceptors (Lipinski definition) is 2. The maximum atomic E-state index is 10.1. The van der Waals surface area contributed by atoms with Crippen molar-refractivity contribution in [1.82, 2.24) is 9.97 Å². The average molecular weight is 231 g/mol. The summed E-state index contributed by atoms with van der Waals surface area (Å²) in [5, 5.41) is 11.3. The summed E-state index contributed by atoms with van der Waals surface area (Å²) in [4.78, 5) is 7.44. The molecule has 2 heterocycles. The van der Waals surface area contributed by atoms with Crippen LogP contribution in [0.1, 0.15) is 31.0 Å². The van der Waals surface area contributed by atoms with Crippen LogP contribution < -0.4 is 0 Å². The summed E-state index contributed by atoms with van der Waals surface area (Å²) in [6.07, 6.45) is 5.85. The van der Waals surface area contributed by atoms with Crippen molar-refractivity contribution in [1.29, 1.82) is 0 Å². The Morgan fingerprint density at radius 2 is 2.24 bits per heavy atom. The van der Waals surface area contributed by atoms with Gasteiger partial charge in [-0.3, -0.25) is 4.98 Å². The molecule has 0 aliphatic heterocycles. The smallest absolute Gasteiger partial charge is 0.0703 e. The minimum Gasteiger partial charge on any atom is -0.389 e. The molecule has 91 valence electrons. The number of rotatable bonds is 4. The van der Waals surface area contributed by atoms with Crippen LogP contribution in [-0.2, 0) is 6.42 Å². The molecule has 0 aliphatic carbocycles. The molecule has 2 aromatic heterocycles. The first-order valence-corrected chi connectivity index (χ1v) is 6.02. The highest BCUT2D eigenvalue weighted by Gasteiger charge is 2.21. The van der Waals surface area contributed by atoms with E-state index in [4.69, 9.17) is 0 Å². The number of aryl methyl sites for hydroxylation is 1. The highest BCUT2D eigenvalue weighted by molar-refractivity contribution is 5.82. The molecule has 17 heavy (non-hydrogen) atoms. The molecule has 0 bridgehead atoms. The van der Waals surface area contributed by atoms with Crippen molar-refractivity contribution >= 4 is 10.9 Å². The van der Waals surface area contributed by atoms with E-state index in [2.05, 4.69) is 29.9 Å². The molecule has 3 heteroatoms. The van der Waals surface area contributed by atoms with E-state index in [9.17, 15) is 5.11 Å². The van der Waals surface area contributed by atoms with Crippen molar-refractivity contribution in [3.8, 4) is 0 Å². The molecule has 0 saturated carbocycles. The lowest BCUT2D eigenvalue weighted by molar-refractivity contribution is 0.0772. The van der Waals surface area contributed by atoms with Crippen molar-refractivity contribution < 1.29 is 5.11 Å². The normalized spacial score (nSPS) is 15.1. The highest BCUT2D eigenvalue weighted by atomic mass is 16.3. The zero-order valence-electron chi connectivity index (χ0n) is 10.5. The molecule has 0 aliphatic rings. The minimum absolute atomic E-state index is 0.551. The van der Waals surface area contributed by atoms with E-state index >= 15 is 0 Å². The molecule has 1 atom stereocenters. The summed E-state index contributed by atoms with van der Waals surface area (Å²) >= 11 is 0. The van der Waals surface area contributed by atoms with Gasteiger partial charge in [0.05, 0.1) is 17.3 Å². The standard InChI is InChI=1S/C14H19N2O/c1-4-5-14(3,17)7-11-6-12-10(2)8-15-9-13(12)16-11/h6,8-9,16-17H,3-5,7H2,1-2H3. The summed E-state index contributed by atoms with van der Waals surface area (Å²) in [5.74, 6) is 0. The summed E-state index contributed by atoms with van der Waals surface area (Å²) in [6, 6.07) is 2.08. The molecule has 3 nitrogen and oxygen atoms in total. The number of aromatic amines is 1. The molecule has 1 unspecified atom stereocenters. The molecule has 2 N–H and O–H groups in total. The van der Waals surface area contributed by atoms with Crippen LogP contribution in [0.4, 0.5) is 0 Å². The summed E-state index contributed by atoms with van der Waals surface area (Å²) in [5.41, 5.74) is 2.30. The lowest BCUT2D eigenvalue weighted by atomic mass is 9.95. The second-order valence-electron chi connectivity index (χ2n) is 4.86. The zero-order valence-corrected chi connectivity index (χ0v) is 10.5. The maximum Gasteiger partial charge on any atom is 0.0703 e. The molecule has 2 aromatic rings. The van der Waals surface area contributed by atoms with Crippen molar-refractivity contribution in [3.05, 3.63) is 36.6 Å². The Bertz CT molecular complexity index is 514. The molecule has 2 rings (SSSR count). The van der Waals surface area contributed by atoms with E-state index in [1.807, 2.05) is 19.3 Å². The van der Waals surface area contributed by atoms with Crippen LogP contribution in [0.3, 0.4) is 0 Å². The van der Waals surface area contributed by atoms with Crippen LogP contribution in [0.2, 0.25) is 0 Å². The van der Waals surface area contributed by atoms with Gasteiger partial charge in [0.15, 0.2) is 0 Å². The second kappa shape index (κ2) is 4.49. The number of aliphatic hydroxyl groups is 1. The van der Waals surface area contributed by atoms with Crippen LogP contribution in [0.15, 0.2) is 18.5 Å². The van der Waals surface area contributed by atoms with Crippen LogP contribution in [-0.4, -0.2) is 20.7 Å². The van der Waals surface area contributed by atoms with E-state index in [0.29, 0.717) is 12.8 Å². The Hall–Kier alpha value is -1.35. The predicted octanol–water partition coefficient (Wildman–Crippen LogP) is 2.78. The lowest BCUT2D eigenvalue weighted by Crippen LogP contribution is -2.27. The molecule has 0 fully saturated rings. The largest absolute Gasteiger partial charge is 0.389 e. The van der Waals surface area contributed by atoms with E-state index in [-0.39, 0.29) is 0 Å². The van der Waals surface area contributed by atoms with Gasteiger partial charge in [-0.1, -0.05) is 13.3 Å². The lowest BCUT2D eigenvalue weighted by Gasteiger charge is -2.21. The van der Waals surface area contributed by atoms with Gasteiger partial charge in [0.1, 0.15) is 0 Å². The maximum absolute atomic E-state index is 10.1. The van der Waals surface area contributed by atoms with Crippen LogP contribution in [0, 0.1) is 13.8 Å². The number of pyridine rings is 1. The third-order valence-corrected chi connectivity index (χ3v) is 3.04. The van der Waals surface area contributed by atoms with Gasteiger partial charge >= 0.3 is 0 Å². The predicted molar refractivity (Wildman–Crippen MR) is 69.7 cm³/mol. The number of H-pyrrole nitrogens is 1. The van der Waals surface area contributed by atoms with Crippen molar-refractivity contribution in [2.24, 2.45) is 0 Å². The van der Waals surface area contributed by atoms with E-state index in [0.717, 1.165) is 23.2 Å². The van der Waals surface area contributed by atoms with Gasteiger partial charge in [-0.2, -0.15) is 0 Å². The first-order chi connectivity index (χ1) is 8.02. The summed E-state index contributed by atoms with van der Waals surface area (Å²) in [7, 11) is 0. The summed E-state index contributed by atoms with van der Waals surface area (Å²) < 4.78 is 0. The van der Waals surface area contributed by atoms with Crippen LogP contribution in [0.5, 0.6) is 0 Å². The summed E-state index contributed by atoms with van der Waals surface area (Å²) in [6.45, 7) is 7.96. The molecule has 1 radical (unpaired) electrons. The van der Waals surface area contributed by atoms with Gasteiger partial charge in [0.2, 0.25) is 0 Å². The number of aromatic nitrogens is 2. The number of nitrogens with zero attached hydrogens (tertiary/aromatic N) is 1. The van der Waals surface area contributed by atoms with Gasteiger partial charge < -0.3 is 10.1 Å². The third kappa shape index (κ3) is 2.67. The van der Waals surface area contributed by atoms with Crippen molar-refractivity contribution in [3.63, 3.8) is 0 Å². The van der Waals surface area contributed by atoms with Crippen LogP contribution >= 0.6 is 0 Å². The number of hydrogen-bond donors (Lipinski definition) is 2. The van der Waals surface area contributed by atoms with E-state index in [1.54, 1.807) is 0 Å². The average Bonchev–Trinajstić information content (AvgIpc) is 2.60. The molecular weight excluding hydrogens is 212 g/mol. The van der Waals surface area contributed by atoms with Gasteiger partial charge in [-0.05, 0) is 31.9 Å². The van der Waals surface area contributed by atoms with Crippen LogP contribution in [0.25, 0.3) is 10.9 Å². The first-order valence-electron chi connectivity index (χ1n) is 6.02. The molecule has 0 saturated heterocycles. The molecular formula is C14H19N2O. The second-order valence-corrected chi connectivity index (χ2v) is 4.86. The fraction of sp³-hybridized carbons (Fsp3) is 0.429. The van der Waals surface area contributed by atoms with Gasteiger partial charge in [0, 0.05) is 23.7 Å². The van der Waals surface area contributed by atoms with Gasteiger partial charge in [0.25, 0.3) is 0 Å². The minimum atomic E-state index is -0.878. The molecule has 0 aromatic carbocycles. The fourth-order valence-corrected chi connectivity index (χ4v) is 2.25. The Morgan fingerprint density at radius 1 is 1.47 bits per heavy atom. The van der Waals surface area contributed by atoms with Gasteiger partial charge in [-0.25, -0.2) is 0 Å². The Morgan fingerprint density at radius 3 is 2.88 bits per heavy atom. The SMILES string of the molecule is [CH2]C(O)(CCC)Cc1cc2c(C)cncc2[nH]1. The Balaban J connectivity index is 2.28. The fourth-order valence-electron chi connectivity index (χ4n) is 2.25. The van der Waals surface area contributed by atoms with Crippen molar-refractivity contribution in [2.75, 3.05) is 0 Å². The van der Waals surface area contributed by atoms with E-state index < -0.39 is 5.60 Å². The molecule has 0 amide bonds. The zero-order chi connectivity index (χ0) is 12.5. The monoisotopic (exact) mass is 231 g/mol. The Kier molecular flexibility index (Phi) is 3.20. The highest BCUT2D eigenvalue weighted by Crippen LogP contribution is 2.22. The van der Waals surface area contributed by atoms with Gasteiger partial charge in [-0.15, -0.1) is 0 Å². The first kappa shape index (κ1) is 12.1. The molecule has 0 spiro atoms. The third-order valence-electron chi connectivity index (χ3n) is 3.04.